The van der Waals surface area contributed by atoms with E-state index in [-0.39, 0.29) is 5.69 Å². The number of anilines is 1. The lowest BCUT2D eigenvalue weighted by Crippen LogP contribution is -1.99. The van der Waals surface area contributed by atoms with Crippen LogP contribution in [0.5, 0.6) is 0 Å². The standard InChI is InChI=1S/C13H12N2O4/c16-13(17)12-4-11(19-15-12)5-14-10-2-1-8-6-18-7-9(8)3-10/h1-4,14H,5-7H2,(H,16,17). The molecule has 0 saturated carbocycles. The topological polar surface area (TPSA) is 84.6 Å². The van der Waals surface area contributed by atoms with Crippen molar-refractivity contribution in [2.75, 3.05) is 5.32 Å². The van der Waals surface area contributed by atoms with E-state index in [0.717, 1.165) is 5.69 Å². The fourth-order valence-corrected chi connectivity index (χ4v) is 1.97. The number of nitrogens with one attached hydrogen (secondary N) is 1. The maximum absolute atomic E-state index is 10.7. The summed E-state index contributed by atoms with van der Waals surface area (Å²) in [7, 11) is 0. The van der Waals surface area contributed by atoms with Gasteiger partial charge in [0.15, 0.2) is 11.5 Å². The lowest BCUT2D eigenvalue weighted by molar-refractivity contribution is 0.0685. The first-order chi connectivity index (χ1) is 9.22. The molecule has 0 unspecified atom stereocenters. The van der Waals surface area contributed by atoms with Crippen LogP contribution in [0.2, 0.25) is 0 Å². The van der Waals surface area contributed by atoms with Crippen LogP contribution < -0.4 is 5.32 Å². The number of rotatable bonds is 4. The second-order valence-electron chi connectivity index (χ2n) is 4.31. The number of aromatic carboxylic acids is 1. The summed E-state index contributed by atoms with van der Waals surface area (Å²) in [5.74, 6) is -0.612. The molecule has 98 valence electrons. The van der Waals surface area contributed by atoms with Gasteiger partial charge in [-0.3, -0.25) is 0 Å². The normalized spacial score (nSPS) is 13.3. The molecule has 3 rings (SSSR count). The summed E-state index contributed by atoms with van der Waals surface area (Å²) in [5.41, 5.74) is 3.24. The van der Waals surface area contributed by atoms with Crippen molar-refractivity contribution in [2.45, 2.75) is 19.8 Å². The van der Waals surface area contributed by atoms with Crippen molar-refractivity contribution in [3.63, 3.8) is 0 Å². The molecule has 1 aliphatic rings. The molecule has 0 fully saturated rings. The monoisotopic (exact) mass is 260 g/mol. The molecule has 2 heterocycles. The van der Waals surface area contributed by atoms with E-state index in [0.29, 0.717) is 25.5 Å². The van der Waals surface area contributed by atoms with Gasteiger partial charge in [0.05, 0.1) is 19.8 Å². The number of ether oxygens (including phenoxy) is 1. The Hall–Kier alpha value is -2.34. The van der Waals surface area contributed by atoms with Gasteiger partial charge in [0, 0.05) is 11.8 Å². The average molecular weight is 260 g/mol. The van der Waals surface area contributed by atoms with Crippen LogP contribution in [0.15, 0.2) is 28.8 Å². The molecule has 0 radical (unpaired) electrons. The highest BCUT2D eigenvalue weighted by atomic mass is 16.5. The first-order valence-electron chi connectivity index (χ1n) is 5.84. The van der Waals surface area contributed by atoms with Crippen LogP contribution >= 0.6 is 0 Å². The molecule has 0 bridgehead atoms. The molecule has 19 heavy (non-hydrogen) atoms. The predicted octanol–water partition coefficient (Wildman–Crippen LogP) is 2.02. The number of nitrogens with zero attached hydrogens (tertiary/aromatic N) is 1. The molecule has 2 aromatic rings. The fourth-order valence-electron chi connectivity index (χ4n) is 1.97. The van der Waals surface area contributed by atoms with E-state index in [2.05, 4.69) is 10.5 Å². The van der Waals surface area contributed by atoms with Gasteiger partial charge in [-0.05, 0) is 23.3 Å². The second kappa shape index (κ2) is 4.74. The Balaban J connectivity index is 1.67. The number of fused-ring (bicyclic) bond motifs is 1. The largest absolute Gasteiger partial charge is 0.476 e. The van der Waals surface area contributed by atoms with Gasteiger partial charge < -0.3 is 19.7 Å². The third kappa shape index (κ3) is 2.43. The number of carbonyl (C=O) groups is 1. The van der Waals surface area contributed by atoms with Gasteiger partial charge in [-0.2, -0.15) is 0 Å². The van der Waals surface area contributed by atoms with Gasteiger partial charge in [0.25, 0.3) is 0 Å². The highest BCUT2D eigenvalue weighted by molar-refractivity contribution is 5.85. The molecule has 6 heteroatoms. The van der Waals surface area contributed by atoms with Gasteiger partial charge in [-0.15, -0.1) is 0 Å². The lowest BCUT2D eigenvalue weighted by Gasteiger charge is -2.05. The quantitative estimate of drug-likeness (QED) is 0.874. The average Bonchev–Trinajstić information content (AvgIpc) is 3.04. The maximum atomic E-state index is 10.7. The summed E-state index contributed by atoms with van der Waals surface area (Å²) < 4.78 is 10.3. The molecule has 0 atom stereocenters. The number of aromatic nitrogens is 1. The maximum Gasteiger partial charge on any atom is 0.358 e. The number of benzene rings is 1. The highest BCUT2D eigenvalue weighted by Gasteiger charge is 2.12. The van der Waals surface area contributed by atoms with Crippen LogP contribution in [0.4, 0.5) is 5.69 Å². The molecule has 2 N–H and O–H groups in total. The number of hydrogen-bond acceptors (Lipinski definition) is 5. The predicted molar refractivity (Wildman–Crippen MR) is 65.7 cm³/mol. The molecule has 1 aliphatic heterocycles. The van der Waals surface area contributed by atoms with Crippen molar-refractivity contribution in [1.82, 2.24) is 5.16 Å². The Bertz CT molecular complexity index is 621. The minimum atomic E-state index is -1.09. The van der Waals surface area contributed by atoms with Crippen molar-refractivity contribution < 1.29 is 19.2 Å². The van der Waals surface area contributed by atoms with E-state index in [1.807, 2.05) is 18.2 Å². The molecule has 0 saturated heterocycles. The number of hydrogen-bond donors (Lipinski definition) is 2. The van der Waals surface area contributed by atoms with Gasteiger partial charge >= 0.3 is 5.97 Å². The van der Waals surface area contributed by atoms with E-state index in [1.54, 1.807) is 0 Å². The summed E-state index contributed by atoms with van der Waals surface area (Å²) in [5, 5.41) is 15.3. The number of carboxylic acid groups (broad SMARTS) is 1. The fraction of sp³-hybridized carbons (Fsp3) is 0.231. The summed E-state index contributed by atoms with van der Waals surface area (Å²) in [6, 6.07) is 7.42. The minimum Gasteiger partial charge on any atom is -0.476 e. The molecule has 6 nitrogen and oxygen atoms in total. The van der Waals surface area contributed by atoms with Crippen LogP contribution in [0.25, 0.3) is 0 Å². The van der Waals surface area contributed by atoms with Gasteiger partial charge in [0.2, 0.25) is 0 Å². The van der Waals surface area contributed by atoms with Gasteiger partial charge in [0.1, 0.15) is 0 Å². The molecular formula is C13H12N2O4. The Morgan fingerprint density at radius 3 is 2.95 bits per heavy atom. The molecule has 1 aromatic carbocycles. The van der Waals surface area contributed by atoms with Crippen LogP contribution in [0, 0.1) is 0 Å². The summed E-state index contributed by atoms with van der Waals surface area (Å²) >= 11 is 0. The van der Waals surface area contributed by atoms with Crippen LogP contribution in [-0.4, -0.2) is 16.2 Å². The van der Waals surface area contributed by atoms with Crippen molar-refractivity contribution in [1.29, 1.82) is 0 Å². The van der Waals surface area contributed by atoms with Crippen molar-refractivity contribution in [3.8, 4) is 0 Å². The third-order valence-corrected chi connectivity index (χ3v) is 2.97. The van der Waals surface area contributed by atoms with E-state index < -0.39 is 5.97 Å². The second-order valence-corrected chi connectivity index (χ2v) is 4.31. The lowest BCUT2D eigenvalue weighted by atomic mass is 10.1. The zero-order valence-corrected chi connectivity index (χ0v) is 10.0. The zero-order chi connectivity index (χ0) is 13.2. The smallest absolute Gasteiger partial charge is 0.358 e. The van der Waals surface area contributed by atoms with E-state index in [4.69, 9.17) is 14.4 Å². The Labute approximate surface area is 109 Å². The van der Waals surface area contributed by atoms with E-state index in [1.165, 1.54) is 17.2 Å². The molecule has 0 aliphatic carbocycles. The van der Waals surface area contributed by atoms with Gasteiger partial charge in [-0.25, -0.2) is 4.79 Å². The Morgan fingerprint density at radius 2 is 2.16 bits per heavy atom. The highest BCUT2D eigenvalue weighted by Crippen LogP contribution is 2.23. The van der Waals surface area contributed by atoms with E-state index in [9.17, 15) is 4.79 Å². The molecular weight excluding hydrogens is 248 g/mol. The summed E-state index contributed by atoms with van der Waals surface area (Å²) in [6.45, 7) is 1.69. The zero-order valence-electron chi connectivity index (χ0n) is 10.0. The Kier molecular flexibility index (Phi) is 2.92. The van der Waals surface area contributed by atoms with Crippen LogP contribution in [-0.2, 0) is 24.5 Å². The van der Waals surface area contributed by atoms with Crippen LogP contribution in [0.1, 0.15) is 27.4 Å². The number of carboxylic acids is 1. The summed E-state index contributed by atoms with van der Waals surface area (Å²) in [6.07, 6.45) is 0. The molecule has 0 spiro atoms. The van der Waals surface area contributed by atoms with E-state index >= 15 is 0 Å². The third-order valence-electron chi connectivity index (χ3n) is 2.97. The Morgan fingerprint density at radius 1 is 1.32 bits per heavy atom. The summed E-state index contributed by atoms with van der Waals surface area (Å²) in [4.78, 5) is 10.7. The van der Waals surface area contributed by atoms with Crippen molar-refractivity contribution >= 4 is 11.7 Å². The van der Waals surface area contributed by atoms with Crippen LogP contribution in [0.3, 0.4) is 0 Å². The van der Waals surface area contributed by atoms with Gasteiger partial charge in [-0.1, -0.05) is 11.2 Å². The van der Waals surface area contributed by atoms with Crippen molar-refractivity contribution in [3.05, 3.63) is 46.8 Å². The first kappa shape index (κ1) is 11.7. The first-order valence-corrected chi connectivity index (χ1v) is 5.84. The molecule has 0 amide bonds. The molecule has 1 aromatic heterocycles. The minimum absolute atomic E-state index is 0.0841. The SMILES string of the molecule is O=C(O)c1cc(CNc2ccc3c(c2)COC3)on1. The van der Waals surface area contributed by atoms with Crippen molar-refractivity contribution in [2.24, 2.45) is 0 Å².